The molecular weight excluding hydrogens is 138 g/mol. The highest BCUT2D eigenvalue weighted by atomic mass is 32.2. The quantitative estimate of drug-likeness (QED) is 0.344. The van der Waals surface area contributed by atoms with Crippen LogP contribution in [0.1, 0.15) is 0 Å². The summed E-state index contributed by atoms with van der Waals surface area (Å²) in [5.41, 5.74) is 5.03. The number of aromatic nitrogens is 1. The van der Waals surface area contributed by atoms with Crippen LogP contribution in [-0.4, -0.2) is 10.2 Å². The minimum Gasteiger partial charge on any atom is -0.440 e. The van der Waals surface area contributed by atoms with Crippen LogP contribution in [0.4, 0.5) is 0 Å². The number of thioether (sulfide) groups is 1. The molecule has 1 aromatic heterocycles. The highest BCUT2D eigenvalue weighted by Gasteiger charge is 1.97. The number of amidine groups is 1. The molecule has 3 N–H and O–H groups in total. The van der Waals surface area contributed by atoms with E-state index in [9.17, 15) is 0 Å². The van der Waals surface area contributed by atoms with Crippen molar-refractivity contribution < 1.29 is 4.42 Å². The van der Waals surface area contributed by atoms with E-state index in [1.807, 2.05) is 0 Å². The monoisotopic (exact) mass is 143 g/mol. The molecule has 4 nitrogen and oxygen atoms in total. The maximum Gasteiger partial charge on any atom is 0.263 e. The van der Waals surface area contributed by atoms with Crippen LogP contribution in [0.25, 0.3) is 0 Å². The smallest absolute Gasteiger partial charge is 0.263 e. The predicted octanol–water partition coefficient (Wildman–Crippen LogP) is 0.660. The van der Waals surface area contributed by atoms with Gasteiger partial charge in [-0.25, -0.2) is 4.98 Å². The van der Waals surface area contributed by atoms with Crippen LogP contribution in [0, 0.1) is 5.41 Å². The van der Waals surface area contributed by atoms with Crippen LogP contribution in [-0.2, 0) is 0 Å². The molecule has 0 aromatic carbocycles. The highest BCUT2D eigenvalue weighted by Crippen LogP contribution is 2.12. The van der Waals surface area contributed by atoms with Crippen LogP contribution in [0.15, 0.2) is 22.1 Å². The molecule has 0 aliphatic heterocycles. The van der Waals surface area contributed by atoms with Crippen molar-refractivity contribution in [3.05, 3.63) is 12.5 Å². The molecule has 0 saturated heterocycles. The average molecular weight is 143 g/mol. The van der Waals surface area contributed by atoms with Gasteiger partial charge in [0.2, 0.25) is 0 Å². The van der Waals surface area contributed by atoms with Crippen molar-refractivity contribution in [2.75, 3.05) is 0 Å². The molecule has 48 valence electrons. The van der Waals surface area contributed by atoms with Crippen LogP contribution < -0.4 is 5.73 Å². The first kappa shape index (κ1) is 6.15. The van der Waals surface area contributed by atoms with E-state index in [4.69, 9.17) is 15.6 Å². The van der Waals surface area contributed by atoms with Crippen molar-refractivity contribution in [3.63, 3.8) is 0 Å². The van der Waals surface area contributed by atoms with Crippen molar-refractivity contribution in [1.29, 1.82) is 5.41 Å². The van der Waals surface area contributed by atoms with Crippen molar-refractivity contribution >= 4 is 16.9 Å². The number of hydrogen-bond donors (Lipinski definition) is 2. The maximum absolute atomic E-state index is 6.81. The molecule has 9 heavy (non-hydrogen) atoms. The Morgan fingerprint density at radius 2 is 2.67 bits per heavy atom. The Kier molecular flexibility index (Phi) is 1.74. The number of nitrogens with one attached hydrogen (secondary N) is 1. The van der Waals surface area contributed by atoms with Crippen LogP contribution >= 0.6 is 11.8 Å². The molecule has 0 aliphatic rings. The summed E-state index contributed by atoms with van der Waals surface area (Å²) in [5.74, 6) is 0. The van der Waals surface area contributed by atoms with E-state index >= 15 is 0 Å². The number of nitrogens with two attached hydrogens (primary N) is 1. The number of oxazole rings is 1. The average Bonchev–Trinajstić information content (AvgIpc) is 2.15. The molecule has 0 aliphatic carbocycles. The minimum absolute atomic E-state index is 0.0162. The second kappa shape index (κ2) is 2.54. The second-order valence-electron chi connectivity index (χ2n) is 1.26. The Bertz CT molecular complexity index is 196. The lowest BCUT2D eigenvalue weighted by atomic mass is 11.0. The zero-order chi connectivity index (χ0) is 6.69. The molecule has 0 spiro atoms. The Labute approximate surface area is 56.0 Å². The van der Waals surface area contributed by atoms with Gasteiger partial charge in [0.15, 0.2) is 5.17 Å². The molecular formula is C4H5N3OS. The van der Waals surface area contributed by atoms with E-state index in [-0.39, 0.29) is 5.17 Å². The lowest BCUT2D eigenvalue weighted by molar-refractivity contribution is 0.455. The third kappa shape index (κ3) is 1.77. The van der Waals surface area contributed by atoms with E-state index in [2.05, 4.69) is 4.98 Å². The van der Waals surface area contributed by atoms with Gasteiger partial charge in [-0.2, -0.15) is 0 Å². The number of nitrogens with zero attached hydrogens (tertiary/aromatic N) is 1. The summed E-state index contributed by atoms with van der Waals surface area (Å²) in [7, 11) is 0. The molecule has 0 amide bonds. The molecule has 0 bridgehead atoms. The number of rotatable bonds is 1. The van der Waals surface area contributed by atoms with Gasteiger partial charge in [-0.15, -0.1) is 0 Å². The van der Waals surface area contributed by atoms with E-state index in [0.717, 1.165) is 11.8 Å². The van der Waals surface area contributed by atoms with Crippen LogP contribution in [0.3, 0.4) is 0 Å². The first-order valence-corrected chi connectivity index (χ1v) is 3.02. The van der Waals surface area contributed by atoms with Gasteiger partial charge in [0.1, 0.15) is 6.26 Å². The van der Waals surface area contributed by atoms with Crippen molar-refractivity contribution in [2.45, 2.75) is 5.22 Å². The van der Waals surface area contributed by atoms with Gasteiger partial charge >= 0.3 is 0 Å². The summed E-state index contributed by atoms with van der Waals surface area (Å²) in [4.78, 5) is 3.73. The van der Waals surface area contributed by atoms with Gasteiger partial charge in [0.05, 0.1) is 6.20 Å². The molecule has 1 heterocycles. The van der Waals surface area contributed by atoms with Crippen LogP contribution in [0.5, 0.6) is 0 Å². The minimum atomic E-state index is -0.0162. The third-order valence-electron chi connectivity index (χ3n) is 0.607. The molecule has 5 heteroatoms. The first-order valence-electron chi connectivity index (χ1n) is 2.20. The summed E-state index contributed by atoms with van der Waals surface area (Å²) in [6.45, 7) is 0. The summed E-state index contributed by atoms with van der Waals surface area (Å²) in [5, 5.41) is 7.20. The maximum atomic E-state index is 6.81. The van der Waals surface area contributed by atoms with Crippen molar-refractivity contribution in [3.8, 4) is 0 Å². The molecule has 1 rings (SSSR count). The molecule has 0 fully saturated rings. The third-order valence-corrected chi connectivity index (χ3v) is 1.20. The van der Waals surface area contributed by atoms with Crippen molar-refractivity contribution in [2.24, 2.45) is 5.73 Å². The normalized spacial score (nSPS) is 9.33. The van der Waals surface area contributed by atoms with E-state index in [1.165, 1.54) is 12.5 Å². The van der Waals surface area contributed by atoms with Gasteiger partial charge < -0.3 is 10.2 Å². The van der Waals surface area contributed by atoms with Crippen molar-refractivity contribution in [1.82, 2.24) is 4.98 Å². The fourth-order valence-electron chi connectivity index (χ4n) is 0.355. The van der Waals surface area contributed by atoms with E-state index < -0.39 is 0 Å². The lowest BCUT2D eigenvalue weighted by Gasteiger charge is -1.87. The van der Waals surface area contributed by atoms with Gasteiger partial charge in [-0.05, 0) is 0 Å². The fourth-order valence-corrected chi connectivity index (χ4v) is 0.760. The molecule has 1 aromatic rings. The summed E-state index contributed by atoms with van der Waals surface area (Å²) < 4.78 is 4.78. The van der Waals surface area contributed by atoms with Gasteiger partial charge in [-0.3, -0.25) is 5.41 Å². The summed E-state index contributed by atoms with van der Waals surface area (Å²) >= 11 is 0.988. The van der Waals surface area contributed by atoms with Gasteiger partial charge in [0.25, 0.3) is 5.22 Å². The molecule has 0 radical (unpaired) electrons. The Balaban J connectivity index is 2.58. The number of hydrogen-bond acceptors (Lipinski definition) is 4. The summed E-state index contributed by atoms with van der Waals surface area (Å²) in [6.07, 6.45) is 2.94. The fraction of sp³-hybridized carbons (Fsp3) is 0. The highest BCUT2D eigenvalue weighted by molar-refractivity contribution is 8.13. The first-order chi connectivity index (χ1) is 4.29. The largest absolute Gasteiger partial charge is 0.440 e. The summed E-state index contributed by atoms with van der Waals surface area (Å²) in [6, 6.07) is 0. The molecule has 0 atom stereocenters. The Morgan fingerprint density at radius 3 is 3.11 bits per heavy atom. The van der Waals surface area contributed by atoms with Gasteiger partial charge in [0, 0.05) is 11.8 Å². The zero-order valence-corrected chi connectivity index (χ0v) is 5.31. The molecule has 0 unspecified atom stereocenters. The second-order valence-corrected chi connectivity index (χ2v) is 2.26. The van der Waals surface area contributed by atoms with Gasteiger partial charge in [-0.1, -0.05) is 0 Å². The Hall–Kier alpha value is -0.970. The SMILES string of the molecule is N=C(N)Sc1ncco1. The Morgan fingerprint density at radius 1 is 1.89 bits per heavy atom. The van der Waals surface area contributed by atoms with E-state index in [1.54, 1.807) is 0 Å². The van der Waals surface area contributed by atoms with Crippen LogP contribution in [0.2, 0.25) is 0 Å². The zero-order valence-electron chi connectivity index (χ0n) is 4.50. The topological polar surface area (TPSA) is 75.9 Å². The van der Waals surface area contributed by atoms with E-state index in [0.29, 0.717) is 5.22 Å². The predicted molar refractivity (Wildman–Crippen MR) is 34.3 cm³/mol. The molecule has 0 saturated carbocycles. The standard InChI is InChI=1S/C4H5N3OS/c5-3(6)9-4-7-1-2-8-4/h1-2H,(H3,5,6). The lowest BCUT2D eigenvalue weighted by Crippen LogP contribution is -2.02.